The zero-order valence-corrected chi connectivity index (χ0v) is 10.5. The summed E-state index contributed by atoms with van der Waals surface area (Å²) in [5.41, 5.74) is -1.05. The van der Waals surface area contributed by atoms with Gasteiger partial charge in [0.05, 0.1) is 0 Å². The molecular formula is C11H20N2O3. The number of urea groups is 1. The van der Waals surface area contributed by atoms with E-state index in [1.54, 1.807) is 0 Å². The van der Waals surface area contributed by atoms with Crippen molar-refractivity contribution in [2.75, 3.05) is 7.05 Å². The Labute approximate surface area is 95.8 Å². The van der Waals surface area contributed by atoms with Crippen LogP contribution in [-0.4, -0.2) is 40.6 Å². The summed E-state index contributed by atoms with van der Waals surface area (Å²) in [7, 11) is 1.50. The maximum atomic E-state index is 11.8. The van der Waals surface area contributed by atoms with Gasteiger partial charge in [0.25, 0.3) is 0 Å². The second kappa shape index (κ2) is 3.64. The first kappa shape index (κ1) is 12.8. The third-order valence-corrected chi connectivity index (χ3v) is 3.48. The molecule has 1 aliphatic carbocycles. The average Bonchev–Trinajstić information content (AvgIpc) is 2.71. The number of aliphatic carboxylic acids is 1. The lowest BCUT2D eigenvalue weighted by Gasteiger charge is -2.31. The minimum atomic E-state index is -1.19. The third kappa shape index (κ3) is 2.28. The molecule has 2 amide bonds. The lowest BCUT2D eigenvalue weighted by atomic mass is 10.1. The number of amides is 2. The molecule has 5 heteroatoms. The molecule has 1 unspecified atom stereocenters. The van der Waals surface area contributed by atoms with Gasteiger partial charge in [0.1, 0.15) is 5.54 Å². The largest absolute Gasteiger partial charge is 0.480 e. The monoisotopic (exact) mass is 228 g/mol. The van der Waals surface area contributed by atoms with E-state index >= 15 is 0 Å². The fraction of sp³-hybridized carbons (Fsp3) is 0.818. The number of carbonyl (C=O) groups is 2. The van der Waals surface area contributed by atoms with Crippen LogP contribution in [0.5, 0.6) is 0 Å². The van der Waals surface area contributed by atoms with Gasteiger partial charge in [-0.1, -0.05) is 13.8 Å². The van der Waals surface area contributed by atoms with Gasteiger partial charge in [0.2, 0.25) is 0 Å². The Hall–Kier alpha value is -1.26. The first-order valence-corrected chi connectivity index (χ1v) is 5.37. The highest BCUT2D eigenvalue weighted by Gasteiger charge is 2.48. The van der Waals surface area contributed by atoms with Crippen molar-refractivity contribution in [1.29, 1.82) is 0 Å². The first-order chi connectivity index (χ1) is 7.09. The SMILES string of the molecule is CN(C(=O)NC1CC1(C)C)C(C)(C)C(=O)O. The predicted molar refractivity (Wildman–Crippen MR) is 60.2 cm³/mol. The van der Waals surface area contributed by atoms with E-state index in [9.17, 15) is 9.59 Å². The molecule has 2 N–H and O–H groups in total. The average molecular weight is 228 g/mol. The minimum absolute atomic E-state index is 0.143. The fourth-order valence-corrected chi connectivity index (χ4v) is 1.36. The quantitative estimate of drug-likeness (QED) is 0.764. The van der Waals surface area contributed by atoms with E-state index in [1.807, 2.05) is 0 Å². The van der Waals surface area contributed by atoms with Crippen molar-refractivity contribution in [3.63, 3.8) is 0 Å². The van der Waals surface area contributed by atoms with Gasteiger partial charge < -0.3 is 15.3 Å². The van der Waals surface area contributed by atoms with Crippen LogP contribution in [-0.2, 0) is 4.79 Å². The van der Waals surface area contributed by atoms with Crippen LogP contribution in [0.25, 0.3) is 0 Å². The summed E-state index contributed by atoms with van der Waals surface area (Å²) in [6.45, 7) is 7.15. The molecular weight excluding hydrogens is 208 g/mol. The van der Waals surface area contributed by atoms with Gasteiger partial charge in [-0.25, -0.2) is 9.59 Å². The molecule has 0 saturated heterocycles. The molecule has 1 aliphatic rings. The normalized spacial score (nSPS) is 22.4. The number of nitrogens with one attached hydrogen (secondary N) is 1. The van der Waals surface area contributed by atoms with Crippen LogP contribution in [0.15, 0.2) is 0 Å². The summed E-state index contributed by atoms with van der Waals surface area (Å²) in [5.74, 6) is -1.01. The van der Waals surface area contributed by atoms with Crippen LogP contribution in [0.3, 0.4) is 0 Å². The highest BCUT2D eigenvalue weighted by Crippen LogP contribution is 2.44. The van der Waals surface area contributed by atoms with E-state index in [4.69, 9.17) is 5.11 Å². The highest BCUT2D eigenvalue weighted by molar-refractivity contribution is 5.85. The van der Waals surface area contributed by atoms with E-state index in [0.717, 1.165) is 6.42 Å². The number of carboxylic acid groups (broad SMARTS) is 1. The summed E-state index contributed by atoms with van der Waals surface area (Å²) in [6, 6.07) is -0.171. The Bertz CT molecular complexity index is 323. The number of rotatable bonds is 3. The molecule has 1 saturated carbocycles. The highest BCUT2D eigenvalue weighted by atomic mass is 16.4. The van der Waals surface area contributed by atoms with Crippen molar-refractivity contribution in [1.82, 2.24) is 10.2 Å². The number of likely N-dealkylation sites (N-methyl/N-ethyl adjacent to an activating group) is 1. The van der Waals surface area contributed by atoms with Crippen LogP contribution >= 0.6 is 0 Å². The summed E-state index contributed by atoms with van der Waals surface area (Å²) in [6.07, 6.45) is 0.945. The second-order valence-electron chi connectivity index (χ2n) is 5.62. The minimum Gasteiger partial charge on any atom is -0.480 e. The van der Waals surface area contributed by atoms with Crippen LogP contribution in [0.2, 0.25) is 0 Å². The number of carbonyl (C=O) groups excluding carboxylic acids is 1. The zero-order chi connectivity index (χ0) is 12.7. The topological polar surface area (TPSA) is 69.6 Å². The van der Waals surface area contributed by atoms with Crippen LogP contribution < -0.4 is 5.32 Å². The van der Waals surface area contributed by atoms with Gasteiger partial charge in [0, 0.05) is 13.1 Å². The van der Waals surface area contributed by atoms with Crippen LogP contribution in [0.1, 0.15) is 34.1 Å². The van der Waals surface area contributed by atoms with Gasteiger partial charge in [0.15, 0.2) is 0 Å². The van der Waals surface area contributed by atoms with E-state index in [-0.39, 0.29) is 17.5 Å². The first-order valence-electron chi connectivity index (χ1n) is 5.37. The second-order valence-corrected chi connectivity index (χ2v) is 5.62. The van der Waals surface area contributed by atoms with Crippen molar-refractivity contribution >= 4 is 12.0 Å². The maximum Gasteiger partial charge on any atom is 0.329 e. The molecule has 0 bridgehead atoms. The number of hydrogen-bond donors (Lipinski definition) is 2. The maximum absolute atomic E-state index is 11.8. The molecule has 1 fully saturated rings. The van der Waals surface area contributed by atoms with Crippen molar-refractivity contribution in [3.05, 3.63) is 0 Å². The molecule has 0 spiro atoms. The lowest BCUT2D eigenvalue weighted by molar-refractivity contribution is -0.146. The van der Waals surface area contributed by atoms with Gasteiger partial charge in [-0.15, -0.1) is 0 Å². The summed E-state index contributed by atoms with van der Waals surface area (Å²) < 4.78 is 0. The Balaban J connectivity index is 2.58. The van der Waals surface area contributed by atoms with Gasteiger partial charge >= 0.3 is 12.0 Å². The lowest BCUT2D eigenvalue weighted by Crippen LogP contribution is -2.54. The number of hydrogen-bond acceptors (Lipinski definition) is 2. The Morgan fingerprint density at radius 1 is 1.44 bits per heavy atom. The van der Waals surface area contributed by atoms with E-state index in [0.29, 0.717) is 0 Å². The molecule has 92 valence electrons. The molecule has 0 aromatic rings. The van der Waals surface area contributed by atoms with Gasteiger partial charge in [-0.2, -0.15) is 0 Å². The van der Waals surface area contributed by atoms with E-state index < -0.39 is 11.5 Å². The van der Waals surface area contributed by atoms with Crippen LogP contribution in [0.4, 0.5) is 4.79 Å². The molecule has 0 heterocycles. The molecule has 0 aromatic carbocycles. The molecule has 5 nitrogen and oxygen atoms in total. The molecule has 0 aromatic heterocycles. The molecule has 0 radical (unpaired) electrons. The number of nitrogens with zero attached hydrogens (tertiary/aromatic N) is 1. The van der Waals surface area contributed by atoms with Crippen molar-refractivity contribution in [2.45, 2.75) is 45.7 Å². The molecule has 1 atom stereocenters. The van der Waals surface area contributed by atoms with Crippen molar-refractivity contribution in [3.8, 4) is 0 Å². The Morgan fingerprint density at radius 2 is 1.88 bits per heavy atom. The number of carboxylic acids is 1. The van der Waals surface area contributed by atoms with E-state index in [1.165, 1.54) is 25.8 Å². The summed E-state index contributed by atoms with van der Waals surface area (Å²) in [4.78, 5) is 24.0. The van der Waals surface area contributed by atoms with Crippen molar-refractivity contribution < 1.29 is 14.7 Å². The van der Waals surface area contributed by atoms with E-state index in [2.05, 4.69) is 19.2 Å². The molecule has 0 aliphatic heterocycles. The van der Waals surface area contributed by atoms with Gasteiger partial charge in [-0.3, -0.25) is 0 Å². The van der Waals surface area contributed by atoms with Crippen molar-refractivity contribution in [2.24, 2.45) is 5.41 Å². The third-order valence-electron chi connectivity index (χ3n) is 3.48. The Morgan fingerprint density at radius 3 is 2.19 bits per heavy atom. The smallest absolute Gasteiger partial charge is 0.329 e. The zero-order valence-electron chi connectivity index (χ0n) is 10.5. The fourth-order valence-electron chi connectivity index (χ4n) is 1.36. The molecule has 1 rings (SSSR count). The summed E-state index contributed by atoms with van der Waals surface area (Å²) in [5, 5.41) is 11.8. The van der Waals surface area contributed by atoms with Crippen LogP contribution in [0, 0.1) is 5.41 Å². The Kier molecular flexibility index (Phi) is 2.92. The standard InChI is InChI=1S/C11H20N2O3/c1-10(2)6-7(10)12-9(16)13(5)11(3,4)8(14)15/h7H,6H2,1-5H3,(H,12,16)(H,14,15). The van der Waals surface area contributed by atoms with Gasteiger partial charge in [-0.05, 0) is 25.7 Å². The predicted octanol–water partition coefficient (Wildman–Crippen LogP) is 1.29. The molecule has 16 heavy (non-hydrogen) atoms. The summed E-state index contributed by atoms with van der Waals surface area (Å²) >= 11 is 0.